The fourth-order valence-corrected chi connectivity index (χ4v) is 2.80. The lowest BCUT2D eigenvalue weighted by atomic mass is 10.1. The average Bonchev–Trinajstić information content (AvgIpc) is 2.66. The lowest BCUT2D eigenvalue weighted by Crippen LogP contribution is -2.29. The van der Waals surface area contributed by atoms with Gasteiger partial charge in [0.2, 0.25) is 0 Å². The number of para-hydroxylation sites is 1. The topological polar surface area (TPSA) is 55.8 Å². The minimum atomic E-state index is -1.11. The molecule has 0 unspecified atom stereocenters. The molecule has 0 radical (unpaired) electrons. The summed E-state index contributed by atoms with van der Waals surface area (Å²) in [5.74, 6) is 0.498. The van der Waals surface area contributed by atoms with E-state index in [1.54, 1.807) is 42.5 Å². The molecule has 1 N–H and O–H groups in total. The number of hydrogen-bond donors (Lipinski definition) is 1. The van der Waals surface area contributed by atoms with Gasteiger partial charge in [0.25, 0.3) is 0 Å². The first-order valence-electron chi connectivity index (χ1n) is 8.17. The quantitative estimate of drug-likeness (QED) is 0.537. The zero-order valence-corrected chi connectivity index (χ0v) is 15.7. The third-order valence-electron chi connectivity index (χ3n) is 3.77. The lowest BCUT2D eigenvalue weighted by Gasteiger charge is -2.18. The van der Waals surface area contributed by atoms with Gasteiger partial charge >= 0.3 is 5.97 Å². The number of ether oxygens (including phenoxy) is 2. The maximum Gasteiger partial charge on any atom is 0.345 e. The van der Waals surface area contributed by atoms with Crippen molar-refractivity contribution in [3.63, 3.8) is 0 Å². The molecule has 1 atom stereocenters. The van der Waals surface area contributed by atoms with Gasteiger partial charge in [0.05, 0.1) is 0 Å². The minimum absolute atomic E-state index is 0.0840. The Morgan fingerprint density at radius 2 is 1.56 bits per heavy atom. The molecule has 0 heterocycles. The summed E-state index contributed by atoms with van der Waals surface area (Å²) in [6.07, 6.45) is -1.02. The first kappa shape index (κ1) is 19.1. The number of halogens is 2. The van der Waals surface area contributed by atoms with Crippen LogP contribution in [0, 0.1) is 0 Å². The smallest absolute Gasteiger partial charge is 0.345 e. The van der Waals surface area contributed by atoms with Crippen molar-refractivity contribution in [2.75, 3.05) is 0 Å². The van der Waals surface area contributed by atoms with Crippen molar-refractivity contribution in [3.8, 4) is 17.2 Å². The molecule has 0 fully saturated rings. The van der Waals surface area contributed by atoms with Crippen molar-refractivity contribution < 1.29 is 19.4 Å². The molecule has 0 saturated carbocycles. The molecule has 0 bridgehead atoms. The third-order valence-corrected chi connectivity index (χ3v) is 4.25. The van der Waals surface area contributed by atoms with E-state index in [0.29, 0.717) is 32.9 Å². The highest BCUT2D eigenvalue weighted by Gasteiger charge is 2.22. The highest BCUT2D eigenvalue weighted by molar-refractivity contribution is 6.30. The maximum atomic E-state index is 11.7. The van der Waals surface area contributed by atoms with Crippen molar-refractivity contribution in [2.45, 2.75) is 12.5 Å². The molecular weight excluding hydrogens is 387 g/mol. The van der Waals surface area contributed by atoms with Crippen LogP contribution in [0.1, 0.15) is 5.56 Å². The van der Waals surface area contributed by atoms with E-state index in [4.69, 9.17) is 32.7 Å². The predicted octanol–water partition coefficient (Wildman–Crippen LogP) is 5.86. The molecule has 0 aromatic heterocycles. The number of aliphatic carboxylic acids is 1. The molecular formula is C21H16Cl2O4. The molecule has 27 heavy (non-hydrogen) atoms. The molecule has 0 amide bonds. The van der Waals surface area contributed by atoms with Gasteiger partial charge in [-0.3, -0.25) is 0 Å². The monoisotopic (exact) mass is 402 g/mol. The van der Waals surface area contributed by atoms with Gasteiger partial charge in [-0.05, 0) is 54.6 Å². The summed E-state index contributed by atoms with van der Waals surface area (Å²) < 4.78 is 11.5. The fourth-order valence-electron chi connectivity index (χ4n) is 2.48. The van der Waals surface area contributed by atoms with Crippen LogP contribution in [-0.2, 0) is 11.2 Å². The van der Waals surface area contributed by atoms with Crippen LogP contribution in [0.2, 0.25) is 10.0 Å². The second kappa shape index (κ2) is 8.80. The van der Waals surface area contributed by atoms with E-state index in [1.807, 2.05) is 30.3 Å². The molecule has 3 aromatic rings. The summed E-state index contributed by atoms with van der Waals surface area (Å²) in [5, 5.41) is 10.6. The van der Waals surface area contributed by atoms with Gasteiger partial charge in [0, 0.05) is 22.0 Å². The molecule has 6 heteroatoms. The number of carboxylic acid groups (broad SMARTS) is 1. The Morgan fingerprint density at radius 3 is 2.22 bits per heavy atom. The zero-order chi connectivity index (χ0) is 19.2. The van der Waals surface area contributed by atoms with Gasteiger partial charge in [-0.25, -0.2) is 4.79 Å². The molecule has 3 aromatic carbocycles. The largest absolute Gasteiger partial charge is 0.478 e. The van der Waals surface area contributed by atoms with E-state index < -0.39 is 12.1 Å². The second-order valence-electron chi connectivity index (χ2n) is 5.77. The van der Waals surface area contributed by atoms with Gasteiger partial charge in [0.15, 0.2) is 6.10 Å². The van der Waals surface area contributed by atoms with Crippen LogP contribution in [0.15, 0.2) is 72.8 Å². The summed E-state index contributed by atoms with van der Waals surface area (Å²) >= 11 is 12.0. The lowest BCUT2D eigenvalue weighted by molar-refractivity contribution is -0.145. The predicted molar refractivity (Wildman–Crippen MR) is 105 cm³/mol. The molecule has 4 nitrogen and oxygen atoms in total. The van der Waals surface area contributed by atoms with E-state index in [-0.39, 0.29) is 6.42 Å². The van der Waals surface area contributed by atoms with Crippen LogP contribution in [0.5, 0.6) is 17.2 Å². The Balaban J connectivity index is 1.83. The second-order valence-corrected chi connectivity index (χ2v) is 6.64. The Hall–Kier alpha value is -2.69. The molecule has 0 aliphatic heterocycles. The average molecular weight is 403 g/mol. The highest BCUT2D eigenvalue weighted by Crippen LogP contribution is 2.29. The number of hydrogen-bond acceptors (Lipinski definition) is 3. The summed E-state index contributed by atoms with van der Waals surface area (Å²) in [7, 11) is 0. The Morgan fingerprint density at radius 1 is 0.889 bits per heavy atom. The summed E-state index contributed by atoms with van der Waals surface area (Å²) in [6, 6.07) is 20.8. The number of carbonyl (C=O) groups is 1. The van der Waals surface area contributed by atoms with E-state index in [1.165, 1.54) is 0 Å². The SMILES string of the molecule is O=C(O)[C@@H](Cc1cc(Cl)ccc1Oc1ccccc1)Oc1ccc(Cl)cc1. The zero-order valence-electron chi connectivity index (χ0n) is 14.1. The van der Waals surface area contributed by atoms with Gasteiger partial charge in [-0.2, -0.15) is 0 Å². The number of benzene rings is 3. The molecule has 3 rings (SSSR count). The maximum absolute atomic E-state index is 11.7. The Bertz CT molecular complexity index is 911. The van der Waals surface area contributed by atoms with E-state index >= 15 is 0 Å². The number of rotatable bonds is 7. The van der Waals surface area contributed by atoms with Crippen molar-refractivity contribution >= 4 is 29.2 Å². The third kappa shape index (κ3) is 5.39. The van der Waals surface area contributed by atoms with Crippen molar-refractivity contribution in [1.82, 2.24) is 0 Å². The van der Waals surface area contributed by atoms with Crippen molar-refractivity contribution in [3.05, 3.63) is 88.4 Å². The van der Waals surface area contributed by atoms with Gasteiger partial charge < -0.3 is 14.6 Å². The van der Waals surface area contributed by atoms with E-state index in [9.17, 15) is 9.90 Å². The van der Waals surface area contributed by atoms with Crippen molar-refractivity contribution in [2.24, 2.45) is 0 Å². The van der Waals surface area contributed by atoms with E-state index in [0.717, 1.165) is 0 Å². The molecule has 0 saturated heterocycles. The van der Waals surface area contributed by atoms with Crippen LogP contribution < -0.4 is 9.47 Å². The standard InChI is InChI=1S/C21H16Cl2O4/c22-15-6-9-18(10-7-15)27-20(21(24)25)13-14-12-16(23)8-11-19(14)26-17-4-2-1-3-5-17/h1-12,20H,13H2,(H,24,25)/t20-/m1/s1. The first-order chi connectivity index (χ1) is 13.0. The van der Waals surface area contributed by atoms with Crippen molar-refractivity contribution in [1.29, 1.82) is 0 Å². The van der Waals surface area contributed by atoms with Crippen LogP contribution in [0.4, 0.5) is 0 Å². The minimum Gasteiger partial charge on any atom is -0.478 e. The molecule has 138 valence electrons. The Kier molecular flexibility index (Phi) is 6.22. The first-order valence-corrected chi connectivity index (χ1v) is 8.93. The van der Waals surface area contributed by atoms with Crippen LogP contribution in [0.25, 0.3) is 0 Å². The van der Waals surface area contributed by atoms with Crippen LogP contribution >= 0.6 is 23.2 Å². The molecule has 0 aliphatic rings. The summed E-state index contributed by atoms with van der Waals surface area (Å²) in [4.78, 5) is 11.7. The Labute approximate surface area is 166 Å². The van der Waals surface area contributed by atoms with Crippen LogP contribution in [0.3, 0.4) is 0 Å². The van der Waals surface area contributed by atoms with E-state index in [2.05, 4.69) is 0 Å². The van der Waals surface area contributed by atoms with Gasteiger partial charge in [-0.1, -0.05) is 41.4 Å². The normalized spacial score (nSPS) is 11.6. The molecule has 0 spiro atoms. The highest BCUT2D eigenvalue weighted by atomic mass is 35.5. The van der Waals surface area contributed by atoms with Gasteiger partial charge in [-0.15, -0.1) is 0 Å². The van der Waals surface area contributed by atoms with Gasteiger partial charge in [0.1, 0.15) is 17.2 Å². The number of carboxylic acids is 1. The molecule has 0 aliphatic carbocycles. The summed E-state index contributed by atoms with van der Waals surface area (Å²) in [6.45, 7) is 0. The fraction of sp³-hybridized carbons (Fsp3) is 0.0952. The van der Waals surface area contributed by atoms with Crippen LogP contribution in [-0.4, -0.2) is 17.2 Å². The summed E-state index contributed by atoms with van der Waals surface area (Å²) in [5.41, 5.74) is 0.632.